The van der Waals surface area contributed by atoms with Gasteiger partial charge in [0.25, 0.3) is 5.91 Å². The van der Waals surface area contributed by atoms with Crippen LogP contribution in [0.3, 0.4) is 0 Å². The maximum absolute atomic E-state index is 12.4. The van der Waals surface area contributed by atoms with E-state index >= 15 is 0 Å². The smallest absolute Gasteiger partial charge is 0.264 e. The van der Waals surface area contributed by atoms with E-state index in [9.17, 15) is 13.2 Å². The Morgan fingerprint density at radius 2 is 2.04 bits per heavy atom. The van der Waals surface area contributed by atoms with Crippen molar-refractivity contribution in [1.29, 1.82) is 0 Å². The van der Waals surface area contributed by atoms with Crippen LogP contribution in [0.15, 0.2) is 45.8 Å². The minimum atomic E-state index is -3.76. The number of carbonyl (C=O) groups excluding carboxylic acids is 1. The first-order valence-electron chi connectivity index (χ1n) is 7.29. The molecule has 0 spiro atoms. The molecule has 2 aromatic rings. The molecule has 0 saturated carbocycles. The van der Waals surface area contributed by atoms with Gasteiger partial charge in [-0.2, -0.15) is 0 Å². The fraction of sp³-hybridized carbons (Fsp3) is 0.188. The molecule has 9 heteroatoms. The minimum Gasteiger partial charge on any atom is -0.482 e. The van der Waals surface area contributed by atoms with Gasteiger partial charge in [0.05, 0.1) is 9.92 Å². The highest BCUT2D eigenvalue weighted by molar-refractivity contribution is 9.10. The van der Waals surface area contributed by atoms with Crippen molar-refractivity contribution in [3.63, 3.8) is 0 Å². The number of fused-ring (bicyclic) bond motifs is 1. The Labute approximate surface area is 158 Å². The highest BCUT2D eigenvalue weighted by atomic mass is 79.9. The second-order valence-corrected chi connectivity index (χ2v) is 8.38. The fourth-order valence-corrected chi connectivity index (χ4v) is 3.92. The van der Waals surface area contributed by atoms with E-state index in [2.05, 4.69) is 15.9 Å². The summed E-state index contributed by atoms with van der Waals surface area (Å²) in [6.07, 6.45) is 0.559. The van der Waals surface area contributed by atoms with Crippen LogP contribution in [0.1, 0.15) is 5.56 Å². The highest BCUT2D eigenvalue weighted by Gasteiger charge is 2.26. The molecule has 0 unspecified atom stereocenters. The lowest BCUT2D eigenvalue weighted by Gasteiger charge is -2.18. The summed E-state index contributed by atoms with van der Waals surface area (Å²) in [6.45, 7) is 0.289. The number of primary sulfonamides is 1. The highest BCUT2D eigenvalue weighted by Crippen LogP contribution is 2.31. The van der Waals surface area contributed by atoms with Gasteiger partial charge in [-0.05, 0) is 48.4 Å². The standard InChI is InChI=1S/C16H14BrClN2O4S/c17-11-1-4-15(13(18)8-11)24-9-16(21)20-6-5-10-7-12(25(19,22)23)2-3-14(10)20/h1-4,7-8H,5-6,9H2,(H2,19,22,23). The number of carbonyl (C=O) groups is 1. The third-order valence-corrected chi connectivity index (χ3v) is 5.52. The van der Waals surface area contributed by atoms with Crippen molar-refractivity contribution in [2.45, 2.75) is 11.3 Å². The van der Waals surface area contributed by atoms with Crippen LogP contribution in [0, 0.1) is 0 Å². The number of anilines is 1. The number of ether oxygens (including phenoxy) is 1. The molecule has 1 aliphatic rings. The second kappa shape index (κ2) is 6.95. The summed E-state index contributed by atoms with van der Waals surface area (Å²) in [5.41, 5.74) is 1.43. The first kappa shape index (κ1) is 18.2. The molecule has 1 aliphatic heterocycles. The zero-order valence-corrected chi connectivity index (χ0v) is 16.1. The van der Waals surface area contributed by atoms with Gasteiger partial charge in [0, 0.05) is 16.7 Å². The van der Waals surface area contributed by atoms with E-state index in [1.54, 1.807) is 29.2 Å². The molecule has 1 heterocycles. The molecule has 132 valence electrons. The Hall–Kier alpha value is -1.61. The van der Waals surface area contributed by atoms with Gasteiger partial charge in [-0.15, -0.1) is 0 Å². The summed E-state index contributed by atoms with van der Waals surface area (Å²) in [5, 5.41) is 5.54. The van der Waals surface area contributed by atoms with E-state index in [0.29, 0.717) is 29.4 Å². The van der Waals surface area contributed by atoms with Gasteiger partial charge in [0.15, 0.2) is 6.61 Å². The van der Waals surface area contributed by atoms with Crippen LogP contribution in [-0.4, -0.2) is 27.5 Å². The van der Waals surface area contributed by atoms with Crippen LogP contribution < -0.4 is 14.8 Å². The summed E-state index contributed by atoms with van der Waals surface area (Å²) in [5.74, 6) is 0.184. The van der Waals surface area contributed by atoms with Crippen molar-refractivity contribution in [2.75, 3.05) is 18.1 Å². The van der Waals surface area contributed by atoms with E-state index in [1.807, 2.05) is 0 Å². The van der Waals surface area contributed by atoms with E-state index in [-0.39, 0.29) is 17.4 Å². The summed E-state index contributed by atoms with van der Waals surface area (Å²) < 4.78 is 29.2. The molecule has 0 aliphatic carbocycles. The predicted octanol–water partition coefficient (Wildman–Crippen LogP) is 2.72. The van der Waals surface area contributed by atoms with E-state index < -0.39 is 10.0 Å². The lowest BCUT2D eigenvalue weighted by Crippen LogP contribution is -2.33. The maximum atomic E-state index is 12.4. The van der Waals surface area contributed by atoms with Crippen molar-refractivity contribution in [2.24, 2.45) is 5.14 Å². The first-order chi connectivity index (χ1) is 11.8. The lowest BCUT2D eigenvalue weighted by molar-refractivity contribution is -0.120. The quantitative estimate of drug-likeness (QED) is 0.783. The van der Waals surface area contributed by atoms with Gasteiger partial charge in [-0.3, -0.25) is 4.79 Å². The number of hydrogen-bond donors (Lipinski definition) is 1. The zero-order valence-electron chi connectivity index (χ0n) is 12.9. The fourth-order valence-electron chi connectivity index (χ4n) is 2.62. The second-order valence-electron chi connectivity index (χ2n) is 5.49. The van der Waals surface area contributed by atoms with Crippen molar-refractivity contribution in [1.82, 2.24) is 0 Å². The number of sulfonamides is 1. The van der Waals surface area contributed by atoms with Gasteiger partial charge in [-0.1, -0.05) is 27.5 Å². The number of halogens is 2. The van der Waals surface area contributed by atoms with Crippen molar-refractivity contribution in [3.05, 3.63) is 51.5 Å². The monoisotopic (exact) mass is 444 g/mol. The number of amides is 1. The van der Waals surface area contributed by atoms with Gasteiger partial charge >= 0.3 is 0 Å². The Bertz CT molecular complexity index is 949. The molecule has 2 N–H and O–H groups in total. The molecule has 3 rings (SSSR count). The third kappa shape index (κ3) is 3.98. The summed E-state index contributed by atoms with van der Waals surface area (Å²) in [7, 11) is -3.76. The van der Waals surface area contributed by atoms with Crippen molar-refractivity contribution >= 4 is 49.1 Å². The summed E-state index contributed by atoms with van der Waals surface area (Å²) in [6, 6.07) is 9.62. The Morgan fingerprint density at radius 1 is 1.28 bits per heavy atom. The summed E-state index contributed by atoms with van der Waals surface area (Å²) in [4.78, 5) is 14.1. The number of hydrogen-bond acceptors (Lipinski definition) is 4. The Balaban J connectivity index is 1.73. The van der Waals surface area contributed by atoms with Crippen LogP contribution in [0.4, 0.5) is 5.69 Å². The van der Waals surface area contributed by atoms with E-state index in [1.165, 1.54) is 12.1 Å². The number of benzene rings is 2. The van der Waals surface area contributed by atoms with Crippen LogP contribution in [0.5, 0.6) is 5.75 Å². The SMILES string of the molecule is NS(=O)(=O)c1ccc2c(c1)CCN2C(=O)COc1ccc(Br)cc1Cl. The topological polar surface area (TPSA) is 89.7 Å². The zero-order chi connectivity index (χ0) is 18.2. The Kier molecular flexibility index (Phi) is 5.06. The molecule has 0 radical (unpaired) electrons. The van der Waals surface area contributed by atoms with Crippen LogP contribution in [0.25, 0.3) is 0 Å². The van der Waals surface area contributed by atoms with Crippen LogP contribution >= 0.6 is 27.5 Å². The van der Waals surface area contributed by atoms with E-state index in [0.717, 1.165) is 10.0 Å². The van der Waals surface area contributed by atoms with Gasteiger partial charge in [0.1, 0.15) is 5.75 Å². The molecular formula is C16H14BrClN2O4S. The average Bonchev–Trinajstić information content (AvgIpc) is 2.96. The number of rotatable bonds is 4. The molecule has 25 heavy (non-hydrogen) atoms. The van der Waals surface area contributed by atoms with Crippen LogP contribution in [-0.2, 0) is 21.2 Å². The molecule has 2 aromatic carbocycles. The summed E-state index contributed by atoms with van der Waals surface area (Å²) >= 11 is 9.37. The number of nitrogens with two attached hydrogens (primary N) is 1. The molecule has 1 amide bonds. The largest absolute Gasteiger partial charge is 0.482 e. The maximum Gasteiger partial charge on any atom is 0.264 e. The normalized spacial score (nSPS) is 13.6. The minimum absolute atomic E-state index is 0.0402. The lowest BCUT2D eigenvalue weighted by atomic mass is 10.2. The van der Waals surface area contributed by atoms with Gasteiger partial charge in [0.2, 0.25) is 10.0 Å². The third-order valence-electron chi connectivity index (χ3n) is 3.82. The van der Waals surface area contributed by atoms with Crippen LogP contribution in [0.2, 0.25) is 5.02 Å². The van der Waals surface area contributed by atoms with E-state index in [4.69, 9.17) is 21.5 Å². The predicted molar refractivity (Wildman–Crippen MR) is 98.5 cm³/mol. The molecule has 0 bridgehead atoms. The molecule has 0 fully saturated rings. The molecule has 0 atom stereocenters. The Morgan fingerprint density at radius 3 is 2.72 bits per heavy atom. The number of nitrogens with zero attached hydrogens (tertiary/aromatic N) is 1. The van der Waals surface area contributed by atoms with Gasteiger partial charge < -0.3 is 9.64 Å². The molecule has 0 aromatic heterocycles. The van der Waals surface area contributed by atoms with Crippen molar-refractivity contribution in [3.8, 4) is 5.75 Å². The van der Waals surface area contributed by atoms with Gasteiger partial charge in [-0.25, -0.2) is 13.6 Å². The molecule has 6 nitrogen and oxygen atoms in total. The first-order valence-corrected chi connectivity index (χ1v) is 10.0. The van der Waals surface area contributed by atoms with Crippen molar-refractivity contribution < 1.29 is 17.9 Å². The molecular weight excluding hydrogens is 432 g/mol. The molecule has 0 saturated heterocycles. The average molecular weight is 446 g/mol.